The van der Waals surface area contributed by atoms with Crippen LogP contribution in [-0.4, -0.2) is 31.3 Å². The van der Waals surface area contributed by atoms with Gasteiger partial charge in [0.25, 0.3) is 0 Å². The molecule has 0 fully saturated rings. The van der Waals surface area contributed by atoms with Crippen LogP contribution >= 0.6 is 0 Å². The summed E-state index contributed by atoms with van der Waals surface area (Å²) in [6, 6.07) is 3.23. The van der Waals surface area contributed by atoms with E-state index in [1.54, 1.807) is 20.3 Å². The van der Waals surface area contributed by atoms with E-state index in [0.29, 0.717) is 17.9 Å². The van der Waals surface area contributed by atoms with E-state index in [1.165, 1.54) is 0 Å². The van der Waals surface area contributed by atoms with Gasteiger partial charge < -0.3 is 20.3 Å². The number of aliphatic carboxylic acids is 1. The van der Waals surface area contributed by atoms with Gasteiger partial charge in [-0.15, -0.1) is 0 Å². The lowest BCUT2D eigenvalue weighted by Crippen LogP contribution is -2.26. The standard InChI is InChI=1S/C13H19NO4/c1-8-4-10(17-2)7-12(18-3)11(8)5-9(14)6-13(15)16/h4,7,9H,5-6,14H2,1-3H3,(H,15,16). The summed E-state index contributed by atoms with van der Waals surface area (Å²) in [7, 11) is 3.16. The first-order chi connectivity index (χ1) is 8.47. The third-order valence-electron chi connectivity index (χ3n) is 2.76. The lowest BCUT2D eigenvalue weighted by atomic mass is 9.98. The maximum Gasteiger partial charge on any atom is 0.304 e. The number of ether oxygens (including phenoxy) is 2. The van der Waals surface area contributed by atoms with Gasteiger partial charge >= 0.3 is 5.97 Å². The van der Waals surface area contributed by atoms with E-state index in [9.17, 15) is 4.79 Å². The van der Waals surface area contributed by atoms with Crippen molar-refractivity contribution in [2.24, 2.45) is 5.73 Å². The quantitative estimate of drug-likeness (QED) is 0.800. The Hall–Kier alpha value is -1.75. The highest BCUT2D eigenvalue weighted by molar-refractivity contribution is 5.67. The second kappa shape index (κ2) is 6.26. The molecular formula is C13H19NO4. The molecule has 0 aliphatic carbocycles. The molecule has 0 aliphatic rings. The molecule has 0 bridgehead atoms. The van der Waals surface area contributed by atoms with Gasteiger partial charge in [-0.3, -0.25) is 4.79 Å². The topological polar surface area (TPSA) is 81.8 Å². The van der Waals surface area contributed by atoms with E-state index >= 15 is 0 Å². The number of benzene rings is 1. The maximum atomic E-state index is 10.6. The summed E-state index contributed by atoms with van der Waals surface area (Å²) >= 11 is 0. The maximum absolute atomic E-state index is 10.6. The first kappa shape index (κ1) is 14.3. The third kappa shape index (κ3) is 3.63. The zero-order chi connectivity index (χ0) is 13.7. The van der Waals surface area contributed by atoms with Crippen LogP contribution in [0.4, 0.5) is 0 Å². The molecule has 1 aromatic carbocycles. The molecule has 100 valence electrons. The van der Waals surface area contributed by atoms with Crippen molar-refractivity contribution in [2.45, 2.75) is 25.8 Å². The zero-order valence-corrected chi connectivity index (χ0v) is 10.9. The number of methoxy groups -OCH3 is 2. The van der Waals surface area contributed by atoms with E-state index in [-0.39, 0.29) is 6.42 Å². The molecule has 0 amide bonds. The molecule has 1 aromatic rings. The second-order valence-electron chi connectivity index (χ2n) is 4.19. The van der Waals surface area contributed by atoms with Crippen molar-refractivity contribution >= 4 is 5.97 Å². The van der Waals surface area contributed by atoms with E-state index in [4.69, 9.17) is 20.3 Å². The number of rotatable bonds is 6. The Balaban J connectivity index is 2.97. The second-order valence-corrected chi connectivity index (χ2v) is 4.19. The minimum absolute atomic E-state index is 0.0609. The first-order valence-corrected chi connectivity index (χ1v) is 5.66. The third-order valence-corrected chi connectivity index (χ3v) is 2.76. The molecule has 0 heterocycles. The molecule has 0 saturated carbocycles. The Morgan fingerprint density at radius 3 is 2.56 bits per heavy atom. The lowest BCUT2D eigenvalue weighted by Gasteiger charge is -2.16. The molecular weight excluding hydrogens is 234 g/mol. The molecule has 0 spiro atoms. The molecule has 1 unspecified atom stereocenters. The Morgan fingerprint density at radius 1 is 1.39 bits per heavy atom. The van der Waals surface area contributed by atoms with Crippen molar-refractivity contribution in [3.8, 4) is 11.5 Å². The molecule has 0 radical (unpaired) electrons. The van der Waals surface area contributed by atoms with Crippen LogP contribution in [0.1, 0.15) is 17.5 Å². The summed E-state index contributed by atoms with van der Waals surface area (Å²) in [5, 5.41) is 8.71. The zero-order valence-electron chi connectivity index (χ0n) is 10.9. The summed E-state index contributed by atoms with van der Waals surface area (Å²) in [5.41, 5.74) is 7.70. The predicted octanol–water partition coefficient (Wildman–Crippen LogP) is 1.36. The van der Waals surface area contributed by atoms with Crippen molar-refractivity contribution < 1.29 is 19.4 Å². The fourth-order valence-corrected chi connectivity index (χ4v) is 1.87. The van der Waals surface area contributed by atoms with Crippen LogP contribution in [0.2, 0.25) is 0 Å². The van der Waals surface area contributed by atoms with E-state index < -0.39 is 12.0 Å². The van der Waals surface area contributed by atoms with E-state index in [2.05, 4.69) is 0 Å². The number of carbonyl (C=O) groups is 1. The van der Waals surface area contributed by atoms with Gasteiger partial charge in [0.1, 0.15) is 11.5 Å². The summed E-state index contributed by atoms with van der Waals surface area (Å²) in [6.07, 6.45) is 0.403. The van der Waals surface area contributed by atoms with Gasteiger partial charge in [0.15, 0.2) is 0 Å². The van der Waals surface area contributed by atoms with Crippen LogP contribution in [0.5, 0.6) is 11.5 Å². The number of carboxylic acid groups (broad SMARTS) is 1. The number of hydrogen-bond acceptors (Lipinski definition) is 4. The van der Waals surface area contributed by atoms with Crippen molar-refractivity contribution in [1.82, 2.24) is 0 Å². The Bertz CT molecular complexity index is 431. The highest BCUT2D eigenvalue weighted by Gasteiger charge is 2.15. The minimum Gasteiger partial charge on any atom is -0.497 e. The summed E-state index contributed by atoms with van der Waals surface area (Å²) in [4.78, 5) is 10.6. The van der Waals surface area contributed by atoms with Gasteiger partial charge in [-0.2, -0.15) is 0 Å². The fourth-order valence-electron chi connectivity index (χ4n) is 1.87. The molecule has 1 rings (SSSR count). The molecule has 18 heavy (non-hydrogen) atoms. The number of nitrogens with two attached hydrogens (primary N) is 1. The molecule has 5 nitrogen and oxygen atoms in total. The van der Waals surface area contributed by atoms with E-state index in [1.807, 2.05) is 13.0 Å². The van der Waals surface area contributed by atoms with Crippen LogP contribution in [0.3, 0.4) is 0 Å². The molecule has 1 atom stereocenters. The van der Waals surface area contributed by atoms with E-state index in [0.717, 1.165) is 11.1 Å². The Kier molecular flexibility index (Phi) is 4.97. The minimum atomic E-state index is -0.896. The highest BCUT2D eigenvalue weighted by Crippen LogP contribution is 2.29. The smallest absolute Gasteiger partial charge is 0.304 e. The van der Waals surface area contributed by atoms with Crippen LogP contribution in [0.25, 0.3) is 0 Å². The van der Waals surface area contributed by atoms with Crippen LogP contribution in [0.15, 0.2) is 12.1 Å². The molecule has 0 aliphatic heterocycles. The van der Waals surface area contributed by atoms with Crippen LogP contribution < -0.4 is 15.2 Å². The Morgan fingerprint density at radius 2 is 2.06 bits per heavy atom. The Labute approximate surface area is 107 Å². The molecule has 5 heteroatoms. The monoisotopic (exact) mass is 253 g/mol. The van der Waals surface area contributed by atoms with Crippen molar-refractivity contribution in [3.63, 3.8) is 0 Å². The average Bonchev–Trinajstić information content (AvgIpc) is 2.30. The van der Waals surface area contributed by atoms with Crippen LogP contribution in [0, 0.1) is 6.92 Å². The van der Waals surface area contributed by atoms with Gasteiger partial charge in [0.05, 0.1) is 20.6 Å². The first-order valence-electron chi connectivity index (χ1n) is 5.66. The van der Waals surface area contributed by atoms with Gasteiger partial charge in [0.2, 0.25) is 0 Å². The van der Waals surface area contributed by atoms with Crippen molar-refractivity contribution in [1.29, 1.82) is 0 Å². The largest absolute Gasteiger partial charge is 0.497 e. The van der Waals surface area contributed by atoms with Gasteiger partial charge in [-0.1, -0.05) is 0 Å². The predicted molar refractivity (Wildman–Crippen MR) is 68.2 cm³/mol. The molecule has 0 saturated heterocycles. The van der Waals surface area contributed by atoms with Gasteiger partial charge in [-0.05, 0) is 30.5 Å². The van der Waals surface area contributed by atoms with Crippen molar-refractivity contribution in [2.75, 3.05) is 14.2 Å². The van der Waals surface area contributed by atoms with Crippen molar-refractivity contribution in [3.05, 3.63) is 23.3 Å². The van der Waals surface area contributed by atoms with Gasteiger partial charge in [0, 0.05) is 12.1 Å². The normalized spacial score (nSPS) is 12.0. The summed E-state index contributed by atoms with van der Waals surface area (Å²) in [6.45, 7) is 1.92. The summed E-state index contributed by atoms with van der Waals surface area (Å²) in [5.74, 6) is 0.486. The number of hydrogen-bond donors (Lipinski definition) is 2. The number of aryl methyl sites for hydroxylation is 1. The summed E-state index contributed by atoms with van der Waals surface area (Å²) < 4.78 is 10.4. The van der Waals surface area contributed by atoms with Gasteiger partial charge in [-0.25, -0.2) is 0 Å². The number of carboxylic acids is 1. The van der Waals surface area contributed by atoms with Crippen LogP contribution in [-0.2, 0) is 11.2 Å². The molecule has 3 N–H and O–H groups in total. The fraction of sp³-hybridized carbons (Fsp3) is 0.462. The lowest BCUT2D eigenvalue weighted by molar-refractivity contribution is -0.137. The highest BCUT2D eigenvalue weighted by atomic mass is 16.5. The molecule has 0 aromatic heterocycles. The SMILES string of the molecule is COc1cc(C)c(CC(N)CC(=O)O)c(OC)c1. The average molecular weight is 253 g/mol.